The molecule has 1 aliphatic rings. The predicted molar refractivity (Wildman–Crippen MR) is 86.9 cm³/mol. The minimum Gasteiger partial charge on any atom is -0.490 e. The van der Waals surface area contributed by atoms with Gasteiger partial charge in [0.2, 0.25) is 0 Å². The van der Waals surface area contributed by atoms with E-state index < -0.39 is 6.10 Å². The van der Waals surface area contributed by atoms with Gasteiger partial charge >= 0.3 is 0 Å². The highest BCUT2D eigenvalue weighted by Crippen LogP contribution is 2.42. The van der Waals surface area contributed by atoms with Crippen LogP contribution in [-0.4, -0.2) is 30.9 Å². The lowest BCUT2D eigenvalue weighted by Crippen LogP contribution is -2.42. The molecule has 1 fully saturated rings. The number of hydrogen-bond acceptors (Lipinski definition) is 3. The van der Waals surface area contributed by atoms with Crippen molar-refractivity contribution in [3.63, 3.8) is 0 Å². The molecule has 2 N–H and O–H groups in total. The van der Waals surface area contributed by atoms with Crippen LogP contribution in [0.2, 0.25) is 0 Å². The first-order chi connectivity index (χ1) is 10.1. The Morgan fingerprint density at radius 1 is 1.29 bits per heavy atom. The van der Waals surface area contributed by atoms with Gasteiger partial charge in [-0.3, -0.25) is 0 Å². The topological polar surface area (TPSA) is 41.5 Å². The number of benzene rings is 1. The lowest BCUT2D eigenvalue weighted by Gasteiger charge is -2.41. The number of rotatable bonds is 8. The molecule has 3 heteroatoms. The molecule has 0 amide bonds. The van der Waals surface area contributed by atoms with Gasteiger partial charge in [-0.25, -0.2) is 0 Å². The van der Waals surface area contributed by atoms with Crippen molar-refractivity contribution >= 4 is 0 Å². The Bertz CT molecular complexity index is 429. The fraction of sp³-hybridized carbons (Fsp3) is 0.667. The molecule has 0 radical (unpaired) electrons. The first-order valence-corrected chi connectivity index (χ1v) is 8.14. The minimum absolute atomic E-state index is 0.345. The summed E-state index contributed by atoms with van der Waals surface area (Å²) < 4.78 is 5.79. The second-order valence-electron chi connectivity index (χ2n) is 6.52. The van der Waals surface area contributed by atoms with Crippen molar-refractivity contribution in [1.29, 1.82) is 0 Å². The van der Waals surface area contributed by atoms with Crippen LogP contribution in [0.4, 0.5) is 0 Å². The van der Waals surface area contributed by atoms with E-state index in [2.05, 4.69) is 12.2 Å². The summed E-state index contributed by atoms with van der Waals surface area (Å²) in [6.45, 7) is 8.30. The average molecular weight is 291 g/mol. The van der Waals surface area contributed by atoms with E-state index in [1.807, 2.05) is 32.0 Å². The Hall–Kier alpha value is -1.06. The third-order valence-corrected chi connectivity index (χ3v) is 4.87. The van der Waals surface area contributed by atoms with Gasteiger partial charge in [-0.1, -0.05) is 31.5 Å². The highest BCUT2D eigenvalue weighted by molar-refractivity contribution is 5.39. The quantitative estimate of drug-likeness (QED) is 0.773. The number of aliphatic hydroxyl groups excluding tert-OH is 1. The van der Waals surface area contributed by atoms with Gasteiger partial charge in [0.25, 0.3) is 0 Å². The SMILES string of the molecule is CCC1(CNCC(O)COc2c(C)cccc2C)CCC1. The zero-order valence-electron chi connectivity index (χ0n) is 13.6. The molecule has 21 heavy (non-hydrogen) atoms. The van der Waals surface area contributed by atoms with Gasteiger partial charge in [0, 0.05) is 13.1 Å². The van der Waals surface area contributed by atoms with Crippen LogP contribution in [-0.2, 0) is 0 Å². The van der Waals surface area contributed by atoms with Crippen LogP contribution >= 0.6 is 0 Å². The second-order valence-corrected chi connectivity index (χ2v) is 6.52. The lowest BCUT2D eigenvalue weighted by atomic mass is 9.67. The molecule has 0 aromatic heterocycles. The molecule has 1 aromatic carbocycles. The summed E-state index contributed by atoms with van der Waals surface area (Å²) in [5.74, 6) is 0.903. The average Bonchev–Trinajstić information content (AvgIpc) is 2.41. The first kappa shape index (κ1) is 16.3. The summed E-state index contributed by atoms with van der Waals surface area (Å²) in [5.41, 5.74) is 2.73. The van der Waals surface area contributed by atoms with Crippen molar-refractivity contribution in [3.05, 3.63) is 29.3 Å². The van der Waals surface area contributed by atoms with E-state index >= 15 is 0 Å². The van der Waals surface area contributed by atoms with E-state index in [0.29, 0.717) is 18.6 Å². The zero-order chi connectivity index (χ0) is 15.3. The third kappa shape index (κ3) is 4.21. The smallest absolute Gasteiger partial charge is 0.125 e. The molecule has 1 aromatic rings. The third-order valence-electron chi connectivity index (χ3n) is 4.87. The largest absolute Gasteiger partial charge is 0.490 e. The van der Waals surface area contributed by atoms with Crippen molar-refractivity contribution in [2.45, 2.75) is 52.6 Å². The summed E-state index contributed by atoms with van der Waals surface area (Å²) >= 11 is 0. The number of nitrogens with one attached hydrogen (secondary N) is 1. The van der Waals surface area contributed by atoms with Gasteiger partial charge in [-0.05, 0) is 49.7 Å². The number of aryl methyl sites for hydroxylation is 2. The van der Waals surface area contributed by atoms with Crippen molar-refractivity contribution in [2.75, 3.05) is 19.7 Å². The Balaban J connectivity index is 1.71. The van der Waals surface area contributed by atoms with Crippen LogP contribution in [0.25, 0.3) is 0 Å². The highest BCUT2D eigenvalue weighted by Gasteiger charge is 2.34. The normalized spacial score (nSPS) is 18.1. The van der Waals surface area contributed by atoms with Crippen LogP contribution in [0.1, 0.15) is 43.7 Å². The van der Waals surface area contributed by atoms with E-state index in [-0.39, 0.29) is 0 Å². The minimum atomic E-state index is -0.460. The van der Waals surface area contributed by atoms with Gasteiger partial charge in [0.05, 0.1) is 0 Å². The monoisotopic (exact) mass is 291 g/mol. The number of hydrogen-bond donors (Lipinski definition) is 2. The number of ether oxygens (including phenoxy) is 1. The summed E-state index contributed by atoms with van der Waals surface area (Å²) in [6.07, 6.45) is 4.78. The maximum Gasteiger partial charge on any atom is 0.125 e. The van der Waals surface area contributed by atoms with Crippen LogP contribution in [0, 0.1) is 19.3 Å². The Kier molecular flexibility index (Phi) is 5.65. The van der Waals surface area contributed by atoms with E-state index in [1.165, 1.54) is 25.7 Å². The molecule has 0 heterocycles. The molecule has 3 nitrogen and oxygen atoms in total. The summed E-state index contributed by atoms with van der Waals surface area (Å²) in [4.78, 5) is 0. The molecule has 0 bridgehead atoms. The van der Waals surface area contributed by atoms with Crippen molar-refractivity contribution in [2.24, 2.45) is 5.41 Å². The van der Waals surface area contributed by atoms with Crippen LogP contribution in [0.5, 0.6) is 5.75 Å². The van der Waals surface area contributed by atoms with Gasteiger partial charge in [0.15, 0.2) is 0 Å². The van der Waals surface area contributed by atoms with Gasteiger partial charge in [-0.2, -0.15) is 0 Å². The van der Waals surface area contributed by atoms with Crippen LogP contribution in [0.15, 0.2) is 18.2 Å². The number of para-hydroxylation sites is 1. The summed E-state index contributed by atoms with van der Waals surface area (Å²) in [5, 5.41) is 13.5. The van der Waals surface area contributed by atoms with Gasteiger partial charge < -0.3 is 15.2 Å². The van der Waals surface area contributed by atoms with Gasteiger partial charge in [0.1, 0.15) is 18.5 Å². The van der Waals surface area contributed by atoms with Crippen molar-refractivity contribution in [1.82, 2.24) is 5.32 Å². The summed E-state index contributed by atoms with van der Waals surface area (Å²) in [7, 11) is 0. The standard InChI is InChI=1S/C18H29NO2/c1-4-18(9-6-10-18)13-19-11-16(20)12-21-17-14(2)7-5-8-15(17)3/h5,7-8,16,19-20H,4,6,9-13H2,1-3H3. The lowest BCUT2D eigenvalue weighted by molar-refractivity contribution is 0.0865. The van der Waals surface area contributed by atoms with E-state index in [9.17, 15) is 5.11 Å². The van der Waals surface area contributed by atoms with Crippen molar-refractivity contribution in [3.8, 4) is 5.75 Å². The van der Waals surface area contributed by atoms with E-state index in [4.69, 9.17) is 4.74 Å². The fourth-order valence-electron chi connectivity index (χ4n) is 3.10. The molecule has 118 valence electrons. The molecule has 0 aliphatic heterocycles. The zero-order valence-corrected chi connectivity index (χ0v) is 13.6. The molecule has 1 atom stereocenters. The van der Waals surface area contributed by atoms with E-state index in [0.717, 1.165) is 23.4 Å². The number of aliphatic hydroxyl groups is 1. The predicted octanol–water partition coefficient (Wildman–Crippen LogP) is 3.21. The highest BCUT2D eigenvalue weighted by atomic mass is 16.5. The molecule has 1 unspecified atom stereocenters. The summed E-state index contributed by atoms with van der Waals surface area (Å²) in [6, 6.07) is 6.10. The van der Waals surface area contributed by atoms with E-state index in [1.54, 1.807) is 0 Å². The first-order valence-electron chi connectivity index (χ1n) is 8.14. The Labute approximate surface area is 128 Å². The molecule has 0 saturated heterocycles. The maximum atomic E-state index is 10.1. The molecule has 1 saturated carbocycles. The molecular weight excluding hydrogens is 262 g/mol. The molecule has 1 aliphatic carbocycles. The van der Waals surface area contributed by atoms with Crippen molar-refractivity contribution < 1.29 is 9.84 Å². The Morgan fingerprint density at radius 3 is 2.48 bits per heavy atom. The van der Waals surface area contributed by atoms with Crippen LogP contribution in [0.3, 0.4) is 0 Å². The molecule has 0 spiro atoms. The maximum absolute atomic E-state index is 10.1. The fourth-order valence-corrected chi connectivity index (χ4v) is 3.10. The molecule has 2 rings (SSSR count). The second kappa shape index (κ2) is 7.28. The van der Waals surface area contributed by atoms with Gasteiger partial charge in [-0.15, -0.1) is 0 Å². The van der Waals surface area contributed by atoms with Crippen LogP contribution < -0.4 is 10.1 Å². The molecular formula is C18H29NO2. The Morgan fingerprint density at radius 2 is 1.95 bits per heavy atom.